The van der Waals surface area contributed by atoms with Gasteiger partial charge in [-0.2, -0.15) is 0 Å². The minimum Gasteiger partial charge on any atom is -0.302 e. The van der Waals surface area contributed by atoms with Gasteiger partial charge in [0.1, 0.15) is 5.00 Å². The first-order valence-corrected chi connectivity index (χ1v) is 14.5. The van der Waals surface area contributed by atoms with Crippen LogP contribution in [-0.2, 0) is 0 Å². The van der Waals surface area contributed by atoms with Gasteiger partial charge in [-0.15, -0.1) is 22.7 Å². The van der Waals surface area contributed by atoms with E-state index in [1.54, 1.807) is 22.7 Å². The second kappa shape index (κ2) is 9.77. The molecule has 0 aliphatic rings. The van der Waals surface area contributed by atoms with Crippen LogP contribution < -0.4 is 4.90 Å². The Balaban J connectivity index is 1.38. The van der Waals surface area contributed by atoms with Crippen LogP contribution in [0.1, 0.15) is 0 Å². The zero-order valence-electron chi connectivity index (χ0n) is 20.3. The Morgan fingerprint density at radius 3 is 1.92 bits per heavy atom. The van der Waals surface area contributed by atoms with Crippen molar-refractivity contribution in [2.24, 2.45) is 0 Å². The first-order chi connectivity index (χ1) is 18.7. The van der Waals surface area contributed by atoms with Gasteiger partial charge in [0.15, 0.2) is 0 Å². The summed E-state index contributed by atoms with van der Waals surface area (Å²) in [4.78, 5) is 3.56. The Morgan fingerprint density at radius 1 is 0.500 bits per heavy atom. The minimum atomic E-state index is 0.778. The highest BCUT2D eigenvalue weighted by Crippen LogP contribution is 2.46. The van der Waals surface area contributed by atoms with Crippen LogP contribution in [0.4, 0.5) is 16.4 Å². The van der Waals surface area contributed by atoms with Gasteiger partial charge in [0.2, 0.25) is 0 Å². The third-order valence-electron chi connectivity index (χ3n) is 6.78. The number of anilines is 3. The first-order valence-electron chi connectivity index (χ1n) is 12.5. The van der Waals surface area contributed by atoms with Crippen molar-refractivity contribution in [1.82, 2.24) is 0 Å². The Hall–Kier alpha value is -3.89. The Kier molecular flexibility index (Phi) is 5.98. The highest BCUT2D eigenvalue weighted by atomic mass is 35.5. The third kappa shape index (κ3) is 4.19. The summed E-state index contributed by atoms with van der Waals surface area (Å²) in [5.74, 6) is 0. The molecule has 0 aliphatic heterocycles. The topological polar surface area (TPSA) is 3.24 Å². The zero-order chi connectivity index (χ0) is 25.5. The van der Waals surface area contributed by atoms with E-state index in [4.69, 9.17) is 11.6 Å². The molecule has 0 unspecified atom stereocenters. The van der Waals surface area contributed by atoms with Crippen molar-refractivity contribution in [2.45, 2.75) is 0 Å². The average molecular weight is 544 g/mol. The molecule has 2 heterocycles. The van der Waals surface area contributed by atoms with Crippen molar-refractivity contribution in [3.05, 3.63) is 138 Å². The molecule has 0 saturated carbocycles. The highest BCUT2D eigenvalue weighted by molar-refractivity contribution is 7.26. The number of benzene rings is 5. The maximum atomic E-state index is 6.99. The SMILES string of the molecule is Clc1cc(N(c2ccc(-c3ccccc3)cc2)c2ccc(-c3ccccc3)s2)cc2sc3ccccc3c12. The highest BCUT2D eigenvalue weighted by Gasteiger charge is 2.19. The molecule has 0 spiro atoms. The summed E-state index contributed by atoms with van der Waals surface area (Å²) in [7, 11) is 0. The molecule has 0 atom stereocenters. The normalized spacial score (nSPS) is 11.3. The van der Waals surface area contributed by atoms with Gasteiger partial charge in [-0.25, -0.2) is 0 Å². The number of halogens is 1. The summed E-state index contributed by atoms with van der Waals surface area (Å²) < 4.78 is 2.45. The molecule has 4 heteroatoms. The second-order valence-corrected chi connectivity index (χ2v) is 11.7. The van der Waals surface area contributed by atoms with Crippen LogP contribution in [0.15, 0.2) is 133 Å². The van der Waals surface area contributed by atoms with E-state index in [-0.39, 0.29) is 0 Å². The summed E-state index contributed by atoms with van der Waals surface area (Å²) >= 11 is 10.6. The molecule has 182 valence electrons. The molecular formula is C34H22ClNS2. The van der Waals surface area contributed by atoms with Gasteiger partial charge in [0.05, 0.1) is 5.02 Å². The maximum absolute atomic E-state index is 6.99. The van der Waals surface area contributed by atoms with Gasteiger partial charge < -0.3 is 4.90 Å². The predicted molar refractivity (Wildman–Crippen MR) is 168 cm³/mol. The van der Waals surface area contributed by atoms with Crippen LogP contribution in [-0.4, -0.2) is 0 Å². The standard InChI is InChI=1S/C34H22ClNS2/c35-29-21-27(22-32-34(29)28-13-7-8-14-31(28)37-32)36(33-20-19-30(38-33)25-11-5-2-6-12-25)26-17-15-24(16-18-26)23-9-3-1-4-10-23/h1-22H. The molecule has 2 aromatic heterocycles. The van der Waals surface area contributed by atoms with Crippen LogP contribution in [0, 0.1) is 0 Å². The van der Waals surface area contributed by atoms with Crippen molar-refractivity contribution in [2.75, 3.05) is 4.90 Å². The fraction of sp³-hybridized carbons (Fsp3) is 0. The predicted octanol–water partition coefficient (Wildman–Crippen LogP) is 11.6. The van der Waals surface area contributed by atoms with Crippen LogP contribution in [0.3, 0.4) is 0 Å². The Bertz CT molecular complexity index is 1870. The van der Waals surface area contributed by atoms with Crippen molar-refractivity contribution in [3.63, 3.8) is 0 Å². The van der Waals surface area contributed by atoms with E-state index >= 15 is 0 Å². The number of hydrogen-bond acceptors (Lipinski definition) is 3. The third-order valence-corrected chi connectivity index (χ3v) is 9.31. The Labute approximate surface area is 234 Å². The molecule has 1 nitrogen and oxygen atoms in total. The number of nitrogens with zero attached hydrogens (tertiary/aromatic N) is 1. The van der Waals surface area contributed by atoms with E-state index in [2.05, 4.69) is 138 Å². The van der Waals surface area contributed by atoms with E-state index in [1.807, 2.05) is 0 Å². The molecule has 0 fully saturated rings. The van der Waals surface area contributed by atoms with Gasteiger partial charge in [0.25, 0.3) is 0 Å². The van der Waals surface area contributed by atoms with Crippen LogP contribution in [0.5, 0.6) is 0 Å². The largest absolute Gasteiger partial charge is 0.302 e. The summed E-state index contributed by atoms with van der Waals surface area (Å²) in [6.07, 6.45) is 0. The van der Waals surface area contributed by atoms with Crippen molar-refractivity contribution in [3.8, 4) is 21.6 Å². The second-order valence-electron chi connectivity index (χ2n) is 9.15. The molecule has 7 aromatic rings. The molecule has 0 saturated heterocycles. The monoisotopic (exact) mass is 543 g/mol. The summed E-state index contributed by atoms with van der Waals surface area (Å²) in [5, 5.41) is 4.27. The van der Waals surface area contributed by atoms with Crippen molar-refractivity contribution in [1.29, 1.82) is 0 Å². The van der Waals surface area contributed by atoms with Gasteiger partial charge in [-0.05, 0) is 59.2 Å². The van der Waals surface area contributed by atoms with E-state index in [9.17, 15) is 0 Å². The first kappa shape index (κ1) is 23.2. The van der Waals surface area contributed by atoms with Gasteiger partial charge in [-0.3, -0.25) is 0 Å². The number of fused-ring (bicyclic) bond motifs is 3. The number of hydrogen-bond donors (Lipinski definition) is 0. The van der Waals surface area contributed by atoms with E-state index in [0.29, 0.717) is 0 Å². The summed E-state index contributed by atoms with van der Waals surface area (Å²) in [6, 6.07) is 47.1. The molecule has 0 bridgehead atoms. The van der Waals surface area contributed by atoms with E-state index in [1.165, 1.54) is 36.4 Å². The van der Waals surface area contributed by atoms with E-state index < -0.39 is 0 Å². The molecule has 0 amide bonds. The van der Waals surface area contributed by atoms with Crippen LogP contribution in [0.25, 0.3) is 41.7 Å². The van der Waals surface area contributed by atoms with Gasteiger partial charge >= 0.3 is 0 Å². The lowest BCUT2D eigenvalue weighted by atomic mass is 10.1. The molecule has 0 aliphatic carbocycles. The van der Waals surface area contributed by atoms with Gasteiger partial charge in [0, 0.05) is 36.4 Å². The molecule has 5 aromatic carbocycles. The minimum absolute atomic E-state index is 0.778. The van der Waals surface area contributed by atoms with Crippen molar-refractivity contribution < 1.29 is 0 Å². The van der Waals surface area contributed by atoms with Gasteiger partial charge in [-0.1, -0.05) is 103 Å². The lowest BCUT2D eigenvalue weighted by Gasteiger charge is -2.24. The fourth-order valence-corrected chi connectivity index (χ4v) is 7.55. The van der Waals surface area contributed by atoms with Crippen LogP contribution in [0.2, 0.25) is 5.02 Å². The number of thiophene rings is 2. The molecule has 0 radical (unpaired) electrons. The lowest BCUT2D eigenvalue weighted by Crippen LogP contribution is -2.08. The quantitative estimate of drug-likeness (QED) is 0.208. The summed E-state index contributed by atoms with van der Waals surface area (Å²) in [6.45, 7) is 0. The molecular weight excluding hydrogens is 522 g/mol. The van der Waals surface area contributed by atoms with Crippen LogP contribution >= 0.6 is 34.3 Å². The molecule has 7 rings (SSSR count). The van der Waals surface area contributed by atoms with Crippen molar-refractivity contribution >= 4 is 70.8 Å². The smallest absolute Gasteiger partial charge is 0.101 e. The zero-order valence-corrected chi connectivity index (χ0v) is 22.7. The summed E-state index contributed by atoms with van der Waals surface area (Å²) in [5.41, 5.74) is 5.79. The van der Waals surface area contributed by atoms with E-state index in [0.717, 1.165) is 26.8 Å². The molecule has 0 N–H and O–H groups in total. The maximum Gasteiger partial charge on any atom is 0.101 e. The lowest BCUT2D eigenvalue weighted by molar-refractivity contribution is 1.32. The fourth-order valence-electron chi connectivity index (χ4n) is 4.96. The Morgan fingerprint density at radius 2 is 1.16 bits per heavy atom. The average Bonchev–Trinajstić information content (AvgIpc) is 3.60. The number of rotatable bonds is 5. The molecule has 38 heavy (non-hydrogen) atoms.